The quantitative estimate of drug-likeness (QED) is 0.672. The van der Waals surface area contributed by atoms with E-state index in [1.54, 1.807) is 36.0 Å². The van der Waals surface area contributed by atoms with Gasteiger partial charge in [0.2, 0.25) is 15.9 Å². The number of carbonyl (C=O) groups excluding carboxylic acids is 1. The first-order valence-electron chi connectivity index (χ1n) is 8.82. The molecule has 2 aromatic rings. The van der Waals surface area contributed by atoms with Crippen LogP contribution in [0.2, 0.25) is 0 Å². The zero-order valence-corrected chi connectivity index (χ0v) is 17.6. The molecule has 1 saturated heterocycles. The van der Waals surface area contributed by atoms with Gasteiger partial charge in [-0.1, -0.05) is 18.2 Å². The summed E-state index contributed by atoms with van der Waals surface area (Å²) in [6.07, 6.45) is 3.00. The van der Waals surface area contributed by atoms with Gasteiger partial charge >= 0.3 is 0 Å². The average molecular weight is 441 g/mol. The number of carbonyl (C=O) groups is 1. The number of benzene rings is 1. The van der Waals surface area contributed by atoms with Gasteiger partial charge in [-0.3, -0.25) is 4.79 Å². The number of thioether (sulfide) groups is 1. The van der Waals surface area contributed by atoms with E-state index in [-0.39, 0.29) is 24.0 Å². The van der Waals surface area contributed by atoms with Crippen molar-refractivity contribution in [1.82, 2.24) is 9.62 Å². The Morgan fingerprint density at radius 2 is 1.93 bits per heavy atom. The summed E-state index contributed by atoms with van der Waals surface area (Å²) in [5.41, 5.74) is 0.526. The molecule has 3 rings (SSSR count). The van der Waals surface area contributed by atoms with E-state index in [0.29, 0.717) is 18.7 Å². The topological polar surface area (TPSA) is 66.5 Å². The molecular weight excluding hydrogens is 419 g/mol. The van der Waals surface area contributed by atoms with Crippen molar-refractivity contribution in [3.63, 3.8) is 0 Å². The van der Waals surface area contributed by atoms with Crippen LogP contribution in [0.25, 0.3) is 16.5 Å². The lowest BCUT2D eigenvalue weighted by Crippen LogP contribution is -2.41. The molecule has 2 heterocycles. The third kappa shape index (κ3) is 5.66. The van der Waals surface area contributed by atoms with Crippen molar-refractivity contribution < 1.29 is 17.6 Å². The van der Waals surface area contributed by atoms with E-state index in [4.69, 9.17) is 0 Å². The minimum Gasteiger partial charge on any atom is -0.351 e. The molecule has 0 bridgehead atoms. The van der Waals surface area contributed by atoms with Crippen LogP contribution in [0.3, 0.4) is 0 Å². The number of thiophene rings is 1. The van der Waals surface area contributed by atoms with Crippen molar-refractivity contribution in [1.29, 1.82) is 0 Å². The molecule has 0 spiro atoms. The molecule has 9 heteroatoms. The maximum Gasteiger partial charge on any atom is 0.244 e. The van der Waals surface area contributed by atoms with Gasteiger partial charge in [-0.2, -0.15) is 11.8 Å². The van der Waals surface area contributed by atoms with E-state index in [9.17, 15) is 17.6 Å². The number of nitrogens with zero attached hydrogens (tertiary/aromatic N) is 1. The van der Waals surface area contributed by atoms with E-state index >= 15 is 0 Å². The maximum absolute atomic E-state index is 13.8. The Balaban J connectivity index is 1.50. The minimum absolute atomic E-state index is 0.0695. The summed E-state index contributed by atoms with van der Waals surface area (Å²) in [6.45, 7) is 1.13. The van der Waals surface area contributed by atoms with Crippen LogP contribution in [0.4, 0.5) is 4.39 Å². The Bertz CT molecular complexity index is 951. The monoisotopic (exact) mass is 440 g/mol. The van der Waals surface area contributed by atoms with Gasteiger partial charge in [0, 0.05) is 52.5 Å². The van der Waals surface area contributed by atoms with E-state index in [0.717, 1.165) is 21.3 Å². The molecule has 0 radical (unpaired) electrons. The van der Waals surface area contributed by atoms with Crippen LogP contribution in [-0.2, 0) is 14.8 Å². The maximum atomic E-state index is 13.8. The minimum atomic E-state index is -3.33. The van der Waals surface area contributed by atoms with Crippen molar-refractivity contribution >= 4 is 45.1 Å². The van der Waals surface area contributed by atoms with Crippen molar-refractivity contribution in [3.8, 4) is 10.4 Å². The number of rotatable bonds is 7. The van der Waals surface area contributed by atoms with Crippen molar-refractivity contribution in [2.24, 2.45) is 0 Å². The molecule has 0 atom stereocenters. The van der Waals surface area contributed by atoms with Crippen molar-refractivity contribution in [2.45, 2.75) is 0 Å². The number of nitrogens with one attached hydrogen (secondary N) is 1. The van der Waals surface area contributed by atoms with Gasteiger partial charge in [0.25, 0.3) is 0 Å². The molecule has 1 aromatic heterocycles. The Labute approximate surface area is 172 Å². The number of halogens is 1. The summed E-state index contributed by atoms with van der Waals surface area (Å²) in [7, 11) is -3.33. The highest BCUT2D eigenvalue weighted by atomic mass is 32.2. The molecule has 5 nitrogen and oxygen atoms in total. The molecule has 1 aliphatic heterocycles. The molecule has 0 unspecified atom stereocenters. The van der Waals surface area contributed by atoms with E-state index < -0.39 is 10.0 Å². The molecule has 0 saturated carbocycles. The van der Waals surface area contributed by atoms with Crippen LogP contribution in [0, 0.1) is 5.82 Å². The molecule has 0 aliphatic carbocycles. The summed E-state index contributed by atoms with van der Waals surface area (Å²) >= 11 is 3.12. The van der Waals surface area contributed by atoms with E-state index in [1.165, 1.54) is 27.8 Å². The summed E-state index contributed by atoms with van der Waals surface area (Å²) < 4.78 is 39.8. The Morgan fingerprint density at radius 3 is 2.68 bits per heavy atom. The molecule has 1 amide bonds. The second kappa shape index (κ2) is 9.69. The molecule has 28 heavy (non-hydrogen) atoms. The summed E-state index contributed by atoms with van der Waals surface area (Å²) in [4.78, 5) is 13.5. The standard InChI is InChI=1S/C19H21FN2O3S3/c20-17-4-2-1-3-16(17)18-7-5-15(27-18)6-8-19(23)21-9-14-28(24,25)22-10-12-26-13-11-22/h1-8H,9-14H2,(H,21,23). The van der Waals surface area contributed by atoms with E-state index in [1.807, 2.05) is 12.1 Å². The van der Waals surface area contributed by atoms with Crippen LogP contribution in [0.15, 0.2) is 42.5 Å². The molecule has 150 valence electrons. The molecule has 1 aliphatic rings. The first kappa shape index (κ1) is 21.0. The lowest BCUT2D eigenvalue weighted by molar-refractivity contribution is -0.116. The second-order valence-electron chi connectivity index (χ2n) is 6.13. The van der Waals surface area contributed by atoms with Gasteiger partial charge < -0.3 is 5.32 Å². The predicted molar refractivity (Wildman–Crippen MR) is 114 cm³/mol. The Morgan fingerprint density at radius 1 is 1.18 bits per heavy atom. The lowest BCUT2D eigenvalue weighted by atomic mass is 10.2. The smallest absolute Gasteiger partial charge is 0.244 e. The van der Waals surface area contributed by atoms with Crippen LogP contribution in [0.1, 0.15) is 4.88 Å². The van der Waals surface area contributed by atoms with Crippen molar-refractivity contribution in [3.05, 3.63) is 53.2 Å². The highest BCUT2D eigenvalue weighted by molar-refractivity contribution is 7.99. The summed E-state index contributed by atoms with van der Waals surface area (Å²) in [5, 5.41) is 2.60. The van der Waals surface area contributed by atoms with Gasteiger partial charge in [0.05, 0.1) is 5.75 Å². The number of hydrogen-bond acceptors (Lipinski definition) is 5. The first-order valence-corrected chi connectivity index (χ1v) is 12.4. The largest absolute Gasteiger partial charge is 0.351 e. The Kier molecular flexibility index (Phi) is 7.28. The molecular formula is C19H21FN2O3S3. The van der Waals surface area contributed by atoms with Gasteiger partial charge in [-0.05, 0) is 24.3 Å². The third-order valence-electron chi connectivity index (χ3n) is 4.19. The SMILES string of the molecule is O=C(C=Cc1ccc(-c2ccccc2F)s1)NCCS(=O)(=O)N1CCSCC1. The van der Waals surface area contributed by atoms with Gasteiger partial charge in [-0.15, -0.1) is 11.3 Å². The molecule has 1 fully saturated rings. The number of amides is 1. The molecule has 1 N–H and O–H groups in total. The predicted octanol–water partition coefficient (Wildman–Crippen LogP) is 3.06. The summed E-state index contributed by atoms with van der Waals surface area (Å²) in [5.74, 6) is 0.873. The van der Waals surface area contributed by atoms with Gasteiger partial charge in [0.1, 0.15) is 5.82 Å². The zero-order valence-electron chi connectivity index (χ0n) is 15.1. The van der Waals surface area contributed by atoms with Crippen LogP contribution >= 0.6 is 23.1 Å². The normalized spacial score (nSPS) is 15.8. The number of sulfonamides is 1. The fraction of sp³-hybridized carbons (Fsp3) is 0.316. The lowest BCUT2D eigenvalue weighted by Gasteiger charge is -2.25. The second-order valence-corrected chi connectivity index (χ2v) is 10.6. The number of hydrogen-bond donors (Lipinski definition) is 1. The fourth-order valence-electron chi connectivity index (χ4n) is 2.72. The average Bonchev–Trinajstić information content (AvgIpc) is 3.16. The van der Waals surface area contributed by atoms with Gasteiger partial charge in [0.15, 0.2) is 0 Å². The van der Waals surface area contributed by atoms with Crippen LogP contribution < -0.4 is 5.32 Å². The van der Waals surface area contributed by atoms with E-state index in [2.05, 4.69) is 5.32 Å². The van der Waals surface area contributed by atoms with Gasteiger partial charge in [-0.25, -0.2) is 17.1 Å². The first-order chi connectivity index (χ1) is 13.5. The van der Waals surface area contributed by atoms with Crippen molar-refractivity contribution in [2.75, 3.05) is 36.9 Å². The fourth-order valence-corrected chi connectivity index (χ4v) is 6.15. The zero-order chi connectivity index (χ0) is 20.0. The summed E-state index contributed by atoms with van der Waals surface area (Å²) in [6, 6.07) is 10.2. The third-order valence-corrected chi connectivity index (χ3v) is 8.09. The molecule has 1 aromatic carbocycles. The highest BCUT2D eigenvalue weighted by Crippen LogP contribution is 2.30. The Hall–Kier alpha value is -1.68. The van der Waals surface area contributed by atoms with Crippen LogP contribution in [0.5, 0.6) is 0 Å². The van der Waals surface area contributed by atoms with Crippen LogP contribution in [-0.4, -0.2) is 55.5 Å². The highest BCUT2D eigenvalue weighted by Gasteiger charge is 2.23.